The van der Waals surface area contributed by atoms with Gasteiger partial charge < -0.3 is 5.11 Å². The van der Waals surface area contributed by atoms with Gasteiger partial charge in [0.2, 0.25) is 0 Å². The number of fused-ring (bicyclic) bond motifs is 1. The first-order valence-corrected chi connectivity index (χ1v) is 13.2. The molecule has 7 rings (SSSR count). The summed E-state index contributed by atoms with van der Waals surface area (Å²) in [5.74, 6) is 0.206. The lowest BCUT2D eigenvalue weighted by Crippen LogP contribution is -1.93. The average molecular weight is 516 g/mol. The Hall–Kier alpha value is -5.48. The van der Waals surface area contributed by atoms with Crippen molar-refractivity contribution < 1.29 is 5.11 Å². The van der Waals surface area contributed by atoms with E-state index >= 15 is 0 Å². The van der Waals surface area contributed by atoms with Crippen LogP contribution in [0.25, 0.3) is 61.8 Å². The maximum Gasteiger partial charge on any atom is 0.137 e. The summed E-state index contributed by atoms with van der Waals surface area (Å²) in [5.41, 5.74) is 10.3. The lowest BCUT2D eigenvalue weighted by Gasteiger charge is -2.12. The minimum absolute atomic E-state index is 0.206. The summed E-state index contributed by atoms with van der Waals surface area (Å²) in [7, 11) is 0. The van der Waals surface area contributed by atoms with Gasteiger partial charge >= 0.3 is 0 Å². The second kappa shape index (κ2) is 10.0. The molecule has 40 heavy (non-hydrogen) atoms. The van der Waals surface area contributed by atoms with Crippen molar-refractivity contribution in [2.24, 2.45) is 0 Å². The quantitative estimate of drug-likeness (QED) is 0.249. The summed E-state index contributed by atoms with van der Waals surface area (Å²) in [5, 5.41) is 10.6. The van der Waals surface area contributed by atoms with E-state index in [1.165, 1.54) is 0 Å². The third kappa shape index (κ3) is 4.32. The van der Waals surface area contributed by atoms with Gasteiger partial charge in [0.25, 0.3) is 0 Å². The van der Waals surface area contributed by atoms with Crippen molar-refractivity contribution >= 4 is 5.65 Å². The number of phenolic OH excluding ortho intramolecular Hbond substituents is 1. The van der Waals surface area contributed by atoms with E-state index in [4.69, 9.17) is 9.97 Å². The van der Waals surface area contributed by atoms with Gasteiger partial charge in [-0.3, -0.25) is 4.40 Å². The van der Waals surface area contributed by atoms with Gasteiger partial charge in [0, 0.05) is 28.5 Å². The highest BCUT2D eigenvalue weighted by atomic mass is 16.3. The fourth-order valence-corrected chi connectivity index (χ4v) is 5.20. The van der Waals surface area contributed by atoms with Crippen molar-refractivity contribution in [3.63, 3.8) is 0 Å². The van der Waals surface area contributed by atoms with E-state index in [9.17, 15) is 5.11 Å². The number of pyridine rings is 2. The highest BCUT2D eigenvalue weighted by Gasteiger charge is 2.17. The molecule has 4 heteroatoms. The van der Waals surface area contributed by atoms with Gasteiger partial charge in [0.15, 0.2) is 0 Å². The average Bonchev–Trinajstić information content (AvgIpc) is 3.42. The number of phenols is 1. The van der Waals surface area contributed by atoms with Crippen molar-refractivity contribution in [3.05, 3.63) is 146 Å². The third-order valence-electron chi connectivity index (χ3n) is 7.12. The fraction of sp³-hybridized carbons (Fsp3) is 0. The van der Waals surface area contributed by atoms with Crippen LogP contribution in [0, 0.1) is 0 Å². The second-order valence-corrected chi connectivity index (χ2v) is 9.69. The second-order valence-electron chi connectivity index (χ2n) is 9.69. The smallest absolute Gasteiger partial charge is 0.137 e. The fourth-order valence-electron chi connectivity index (χ4n) is 5.20. The molecule has 3 heterocycles. The highest BCUT2D eigenvalue weighted by molar-refractivity contribution is 5.85. The summed E-state index contributed by atoms with van der Waals surface area (Å²) in [6.45, 7) is 0. The maximum absolute atomic E-state index is 10.6. The summed E-state index contributed by atoms with van der Waals surface area (Å²) in [6, 6.07) is 46.6. The first kappa shape index (κ1) is 23.6. The zero-order valence-corrected chi connectivity index (χ0v) is 21.6. The SMILES string of the molecule is Oc1ccccc1-c1cc(-c2ccccc2)cc(-c2cccc(-c3nc4ccccn4c3-c3ccccc3)c2)n1. The monoisotopic (exact) mass is 515 g/mol. The molecule has 0 aliphatic carbocycles. The summed E-state index contributed by atoms with van der Waals surface area (Å²) in [6.07, 6.45) is 2.06. The largest absolute Gasteiger partial charge is 0.507 e. The molecule has 190 valence electrons. The number of rotatable bonds is 5. The van der Waals surface area contributed by atoms with Crippen LogP contribution in [-0.2, 0) is 0 Å². The third-order valence-corrected chi connectivity index (χ3v) is 7.12. The molecular weight excluding hydrogens is 490 g/mol. The minimum atomic E-state index is 0.206. The molecule has 0 unspecified atom stereocenters. The van der Waals surface area contributed by atoms with Crippen LogP contribution in [0.3, 0.4) is 0 Å². The number of imidazole rings is 1. The van der Waals surface area contributed by atoms with E-state index < -0.39 is 0 Å². The lowest BCUT2D eigenvalue weighted by atomic mass is 9.98. The lowest BCUT2D eigenvalue weighted by molar-refractivity contribution is 0.477. The van der Waals surface area contributed by atoms with Crippen molar-refractivity contribution in [2.45, 2.75) is 0 Å². The molecule has 0 radical (unpaired) electrons. The van der Waals surface area contributed by atoms with Gasteiger partial charge in [-0.25, -0.2) is 9.97 Å². The summed E-state index contributed by atoms with van der Waals surface area (Å²) in [4.78, 5) is 10.1. The molecular formula is C36H25N3O. The van der Waals surface area contributed by atoms with Crippen LogP contribution in [-0.4, -0.2) is 19.5 Å². The zero-order valence-electron chi connectivity index (χ0n) is 21.6. The molecule has 4 nitrogen and oxygen atoms in total. The standard InChI is InChI=1S/C36H25N3O/c40-33-19-8-7-18-30(33)32-24-29(25-12-3-1-4-13-25)23-31(37-32)27-16-11-17-28(22-27)35-36(26-14-5-2-6-15-26)39-21-10-9-20-34(39)38-35/h1-24,40H. The number of nitrogens with zero attached hydrogens (tertiary/aromatic N) is 3. The van der Waals surface area contributed by atoms with Gasteiger partial charge in [0.1, 0.15) is 11.4 Å². The number of benzene rings is 4. The summed E-state index contributed by atoms with van der Waals surface area (Å²) >= 11 is 0. The van der Waals surface area contributed by atoms with Crippen molar-refractivity contribution in [1.82, 2.24) is 14.4 Å². The van der Waals surface area contributed by atoms with E-state index in [1.54, 1.807) is 6.07 Å². The predicted molar refractivity (Wildman–Crippen MR) is 162 cm³/mol. The molecule has 0 aliphatic heterocycles. The topological polar surface area (TPSA) is 50.4 Å². The Labute approximate surface area is 232 Å². The Balaban J connectivity index is 1.42. The van der Waals surface area contributed by atoms with Crippen molar-refractivity contribution in [2.75, 3.05) is 0 Å². The van der Waals surface area contributed by atoms with Gasteiger partial charge in [-0.1, -0.05) is 97.1 Å². The molecule has 0 aliphatic rings. The van der Waals surface area contributed by atoms with Crippen LogP contribution >= 0.6 is 0 Å². The van der Waals surface area contributed by atoms with Gasteiger partial charge in [-0.2, -0.15) is 0 Å². The predicted octanol–water partition coefficient (Wildman–Crippen LogP) is 8.77. The number of hydrogen-bond donors (Lipinski definition) is 1. The Kier molecular flexibility index (Phi) is 5.91. The van der Waals surface area contributed by atoms with Gasteiger partial charge in [0.05, 0.1) is 22.8 Å². The molecule has 0 atom stereocenters. The first-order valence-electron chi connectivity index (χ1n) is 13.2. The minimum Gasteiger partial charge on any atom is -0.507 e. The zero-order chi connectivity index (χ0) is 26.9. The Morgan fingerprint density at radius 1 is 0.475 bits per heavy atom. The van der Waals surface area contributed by atoms with Crippen LogP contribution in [0.2, 0.25) is 0 Å². The summed E-state index contributed by atoms with van der Waals surface area (Å²) < 4.78 is 2.14. The number of aromatic hydroxyl groups is 1. The van der Waals surface area contributed by atoms with Crippen LogP contribution < -0.4 is 0 Å². The Morgan fingerprint density at radius 2 is 1.12 bits per heavy atom. The van der Waals surface area contributed by atoms with Gasteiger partial charge in [-0.15, -0.1) is 0 Å². The van der Waals surface area contributed by atoms with Gasteiger partial charge in [-0.05, 0) is 53.6 Å². The van der Waals surface area contributed by atoms with Crippen LogP contribution in [0.15, 0.2) is 146 Å². The molecule has 7 aromatic rings. The molecule has 0 fully saturated rings. The van der Waals surface area contributed by atoms with E-state index in [2.05, 4.69) is 77.3 Å². The Bertz CT molecular complexity index is 1960. The molecule has 0 bridgehead atoms. The molecule has 0 saturated carbocycles. The molecule has 0 saturated heterocycles. The van der Waals surface area contributed by atoms with Crippen LogP contribution in [0.1, 0.15) is 0 Å². The maximum atomic E-state index is 10.6. The van der Waals surface area contributed by atoms with Crippen molar-refractivity contribution in [3.8, 4) is 61.9 Å². The number of aromatic nitrogens is 3. The van der Waals surface area contributed by atoms with Crippen LogP contribution in [0.4, 0.5) is 0 Å². The molecule has 3 aromatic heterocycles. The van der Waals surface area contributed by atoms with Crippen LogP contribution in [0.5, 0.6) is 5.75 Å². The van der Waals surface area contributed by atoms with E-state index in [0.29, 0.717) is 5.56 Å². The van der Waals surface area contributed by atoms with E-state index in [-0.39, 0.29) is 5.75 Å². The first-order chi connectivity index (χ1) is 19.7. The molecule has 1 N–H and O–H groups in total. The highest BCUT2D eigenvalue weighted by Crippen LogP contribution is 2.37. The van der Waals surface area contributed by atoms with E-state index in [0.717, 1.165) is 56.2 Å². The van der Waals surface area contributed by atoms with E-state index in [1.807, 2.05) is 66.7 Å². The Morgan fingerprint density at radius 3 is 1.93 bits per heavy atom. The normalized spacial score (nSPS) is 11.1. The van der Waals surface area contributed by atoms with Crippen molar-refractivity contribution in [1.29, 1.82) is 0 Å². The molecule has 0 spiro atoms. The molecule has 4 aromatic carbocycles. The number of para-hydroxylation sites is 1. The number of hydrogen-bond acceptors (Lipinski definition) is 3. The molecule has 0 amide bonds.